The second-order valence-corrected chi connectivity index (χ2v) is 10.0. The zero-order valence-corrected chi connectivity index (χ0v) is 17.7. The first-order valence-electron chi connectivity index (χ1n) is 11.4. The van der Waals surface area contributed by atoms with Gasteiger partial charge in [-0.3, -0.25) is 4.79 Å². The fraction of sp³-hybridized carbons (Fsp3) is 0.739. The van der Waals surface area contributed by atoms with Gasteiger partial charge in [0.1, 0.15) is 0 Å². The van der Waals surface area contributed by atoms with Crippen LogP contribution in [0.15, 0.2) is 6.07 Å². The van der Waals surface area contributed by atoms with Crippen molar-refractivity contribution in [1.82, 2.24) is 15.6 Å². The molecule has 1 amide bonds. The molecule has 4 saturated carbocycles. The molecule has 2 heterocycles. The Morgan fingerprint density at radius 2 is 1.93 bits per heavy atom. The second kappa shape index (κ2) is 7.98. The summed E-state index contributed by atoms with van der Waals surface area (Å²) in [4.78, 5) is 16.5. The zero-order chi connectivity index (χ0) is 20.7. The highest BCUT2D eigenvalue weighted by molar-refractivity contribution is 5.82. The minimum atomic E-state index is -0.497. The van der Waals surface area contributed by atoms with E-state index in [-0.39, 0.29) is 29.8 Å². The van der Waals surface area contributed by atoms with Crippen LogP contribution in [0.2, 0.25) is 0 Å². The molecule has 4 bridgehead atoms. The van der Waals surface area contributed by atoms with Gasteiger partial charge in [-0.05, 0) is 81.7 Å². The number of methoxy groups -OCH3 is 1. The van der Waals surface area contributed by atoms with Crippen LogP contribution in [-0.2, 0) is 11.3 Å². The summed E-state index contributed by atoms with van der Waals surface area (Å²) >= 11 is 0. The molecule has 4 aliphatic carbocycles. The molecular weight excluding hydrogens is 385 g/mol. The topological polar surface area (TPSA) is 72.5 Å². The SMILES string of the molecule is COc1nc(OCC23CC4CC(CC(C4)C2)C3)c(F)cc1CNC(=O)[C@@H]1CCCN1. The van der Waals surface area contributed by atoms with E-state index in [0.717, 1.165) is 37.1 Å². The lowest BCUT2D eigenvalue weighted by Gasteiger charge is -2.56. The van der Waals surface area contributed by atoms with Crippen molar-refractivity contribution in [3.8, 4) is 11.8 Å². The van der Waals surface area contributed by atoms with Gasteiger partial charge in [0.2, 0.25) is 11.8 Å². The van der Waals surface area contributed by atoms with E-state index < -0.39 is 5.82 Å². The minimum absolute atomic E-state index is 0.00938. The number of halogens is 1. The van der Waals surface area contributed by atoms with Crippen molar-refractivity contribution < 1.29 is 18.7 Å². The van der Waals surface area contributed by atoms with Crippen LogP contribution in [0.25, 0.3) is 0 Å². The van der Waals surface area contributed by atoms with Gasteiger partial charge in [-0.15, -0.1) is 0 Å². The quantitative estimate of drug-likeness (QED) is 0.713. The van der Waals surface area contributed by atoms with Gasteiger partial charge >= 0.3 is 0 Å². The van der Waals surface area contributed by atoms with Crippen LogP contribution in [0.3, 0.4) is 0 Å². The first kappa shape index (κ1) is 20.0. The van der Waals surface area contributed by atoms with Crippen molar-refractivity contribution in [2.75, 3.05) is 20.3 Å². The molecule has 1 atom stereocenters. The van der Waals surface area contributed by atoms with Crippen molar-refractivity contribution in [3.05, 3.63) is 17.4 Å². The lowest BCUT2D eigenvalue weighted by Crippen LogP contribution is -2.48. The van der Waals surface area contributed by atoms with Crippen LogP contribution < -0.4 is 20.1 Å². The number of ether oxygens (including phenoxy) is 2. The van der Waals surface area contributed by atoms with Gasteiger partial charge in [0.25, 0.3) is 5.88 Å². The molecule has 2 N–H and O–H groups in total. The maximum Gasteiger partial charge on any atom is 0.253 e. The predicted molar refractivity (Wildman–Crippen MR) is 110 cm³/mol. The Balaban J connectivity index is 1.24. The van der Waals surface area contributed by atoms with E-state index in [4.69, 9.17) is 9.47 Å². The highest BCUT2D eigenvalue weighted by atomic mass is 19.1. The number of carbonyl (C=O) groups is 1. The van der Waals surface area contributed by atoms with E-state index in [0.29, 0.717) is 18.1 Å². The highest BCUT2D eigenvalue weighted by Gasteiger charge is 2.51. The van der Waals surface area contributed by atoms with Crippen LogP contribution in [0.1, 0.15) is 56.9 Å². The molecular formula is C23H32FN3O3. The first-order valence-corrected chi connectivity index (χ1v) is 11.4. The summed E-state index contributed by atoms with van der Waals surface area (Å²) in [7, 11) is 1.51. The number of pyridine rings is 1. The van der Waals surface area contributed by atoms with Gasteiger partial charge in [0.05, 0.1) is 19.8 Å². The van der Waals surface area contributed by atoms with E-state index in [1.807, 2.05) is 0 Å². The molecule has 0 spiro atoms. The number of rotatable bonds is 7. The van der Waals surface area contributed by atoms with Gasteiger partial charge in [0.15, 0.2) is 5.82 Å². The number of nitrogens with zero attached hydrogens (tertiary/aromatic N) is 1. The van der Waals surface area contributed by atoms with Gasteiger partial charge in [-0.25, -0.2) is 4.39 Å². The number of amides is 1. The van der Waals surface area contributed by atoms with Crippen LogP contribution in [0.4, 0.5) is 4.39 Å². The summed E-state index contributed by atoms with van der Waals surface area (Å²) in [6.45, 7) is 1.57. The Morgan fingerprint density at radius 3 is 2.53 bits per heavy atom. The van der Waals surface area contributed by atoms with Crippen LogP contribution in [0.5, 0.6) is 11.8 Å². The normalized spacial score (nSPS) is 34.2. The van der Waals surface area contributed by atoms with E-state index in [2.05, 4.69) is 15.6 Å². The van der Waals surface area contributed by atoms with Gasteiger partial charge < -0.3 is 20.1 Å². The summed E-state index contributed by atoms with van der Waals surface area (Å²) in [5.41, 5.74) is 0.709. The molecule has 0 aromatic carbocycles. The fourth-order valence-electron chi connectivity index (χ4n) is 6.80. The average Bonchev–Trinajstić information content (AvgIpc) is 3.25. The monoisotopic (exact) mass is 417 g/mol. The fourth-order valence-corrected chi connectivity index (χ4v) is 6.80. The van der Waals surface area contributed by atoms with E-state index in [1.54, 1.807) is 0 Å². The second-order valence-electron chi connectivity index (χ2n) is 10.0. The van der Waals surface area contributed by atoms with Crippen molar-refractivity contribution in [2.45, 2.75) is 64.0 Å². The maximum atomic E-state index is 14.8. The predicted octanol–water partition coefficient (Wildman–Crippen LogP) is 3.19. The minimum Gasteiger partial charge on any atom is -0.481 e. The number of hydrogen-bond donors (Lipinski definition) is 2. The van der Waals surface area contributed by atoms with Crippen molar-refractivity contribution in [3.63, 3.8) is 0 Å². The molecule has 1 aromatic heterocycles. The van der Waals surface area contributed by atoms with E-state index >= 15 is 0 Å². The highest BCUT2D eigenvalue weighted by Crippen LogP contribution is 2.60. The molecule has 6 nitrogen and oxygen atoms in total. The maximum absolute atomic E-state index is 14.8. The largest absolute Gasteiger partial charge is 0.481 e. The summed E-state index contributed by atoms with van der Waals surface area (Å²) in [6.07, 6.45) is 9.55. The number of carbonyl (C=O) groups excluding carboxylic acids is 1. The molecule has 5 fully saturated rings. The molecule has 1 saturated heterocycles. The third-order valence-electron chi connectivity index (χ3n) is 7.69. The molecule has 5 aliphatic rings. The van der Waals surface area contributed by atoms with Crippen LogP contribution >= 0.6 is 0 Å². The summed E-state index contributed by atoms with van der Waals surface area (Å²) in [5.74, 6) is 2.22. The van der Waals surface area contributed by atoms with Crippen LogP contribution in [0, 0.1) is 29.0 Å². The van der Waals surface area contributed by atoms with Crippen molar-refractivity contribution in [1.29, 1.82) is 0 Å². The molecule has 6 rings (SSSR count). The summed E-state index contributed by atoms with van der Waals surface area (Å²) in [5, 5.41) is 6.01. The Hall–Kier alpha value is -1.89. The van der Waals surface area contributed by atoms with Crippen LogP contribution in [-0.4, -0.2) is 37.2 Å². The van der Waals surface area contributed by atoms with Gasteiger partial charge in [-0.1, -0.05) is 0 Å². The van der Waals surface area contributed by atoms with Gasteiger partial charge in [0, 0.05) is 17.5 Å². The Labute approximate surface area is 177 Å². The standard InChI is InChI=1S/C23H32FN3O3/c1-29-21-17(12-26-20(28)19-3-2-4-25-19)8-18(24)22(27-21)30-13-23-9-14-5-15(10-23)7-16(6-14)11-23/h8,14-16,19,25H,2-7,9-13H2,1H3,(H,26,28)/t14?,15?,16?,19-,23?/m0/s1. The zero-order valence-electron chi connectivity index (χ0n) is 17.7. The van der Waals surface area contributed by atoms with Crippen molar-refractivity contribution in [2.24, 2.45) is 23.2 Å². The number of aromatic nitrogens is 1. The third kappa shape index (κ3) is 3.88. The van der Waals surface area contributed by atoms with E-state index in [9.17, 15) is 9.18 Å². The summed E-state index contributed by atoms with van der Waals surface area (Å²) in [6, 6.07) is 1.21. The Kier molecular flexibility index (Phi) is 5.33. The lowest BCUT2D eigenvalue weighted by atomic mass is 9.50. The molecule has 30 heavy (non-hydrogen) atoms. The Morgan fingerprint density at radius 1 is 1.23 bits per heavy atom. The first-order chi connectivity index (χ1) is 14.5. The molecule has 0 radical (unpaired) electrons. The number of hydrogen-bond acceptors (Lipinski definition) is 5. The molecule has 1 aliphatic heterocycles. The molecule has 7 heteroatoms. The smallest absolute Gasteiger partial charge is 0.253 e. The molecule has 164 valence electrons. The summed E-state index contributed by atoms with van der Waals surface area (Å²) < 4.78 is 26.1. The van der Waals surface area contributed by atoms with Crippen molar-refractivity contribution >= 4 is 5.91 Å². The molecule has 1 aromatic rings. The van der Waals surface area contributed by atoms with E-state index in [1.165, 1.54) is 51.7 Å². The molecule has 0 unspecified atom stereocenters. The number of nitrogens with one attached hydrogen (secondary N) is 2. The lowest BCUT2D eigenvalue weighted by molar-refractivity contribution is -0.122. The third-order valence-corrected chi connectivity index (χ3v) is 7.69. The average molecular weight is 418 g/mol. The Bertz CT molecular complexity index is 774. The van der Waals surface area contributed by atoms with Gasteiger partial charge in [-0.2, -0.15) is 4.98 Å².